The lowest BCUT2D eigenvalue weighted by Crippen LogP contribution is -2.48. The topological polar surface area (TPSA) is 61.4 Å². The molecule has 1 fully saturated rings. The van der Waals surface area contributed by atoms with Gasteiger partial charge in [0, 0.05) is 50.0 Å². The first-order valence-electron chi connectivity index (χ1n) is 7.48. The van der Waals surface area contributed by atoms with Crippen LogP contribution >= 0.6 is 11.6 Å². The SMILES string of the molecule is CC(=O)N1CCN(c2ccnc(Nc3cccc(Cl)c3)n2)CC1. The maximum atomic E-state index is 11.4. The summed E-state index contributed by atoms with van der Waals surface area (Å²) in [7, 11) is 0. The minimum atomic E-state index is 0.121. The number of hydrogen-bond donors (Lipinski definition) is 1. The van der Waals surface area contributed by atoms with Crippen molar-refractivity contribution in [3.63, 3.8) is 0 Å². The van der Waals surface area contributed by atoms with E-state index in [0.29, 0.717) is 11.0 Å². The second kappa shape index (κ2) is 6.83. The van der Waals surface area contributed by atoms with Gasteiger partial charge in [-0.05, 0) is 24.3 Å². The van der Waals surface area contributed by atoms with Crippen LogP contribution in [-0.2, 0) is 4.79 Å². The lowest BCUT2D eigenvalue weighted by atomic mass is 10.3. The molecule has 120 valence electrons. The van der Waals surface area contributed by atoms with Crippen LogP contribution in [0, 0.1) is 0 Å². The Morgan fingerprint density at radius 3 is 2.70 bits per heavy atom. The molecule has 1 aromatic heterocycles. The third-order valence-corrected chi connectivity index (χ3v) is 4.01. The van der Waals surface area contributed by atoms with Gasteiger partial charge in [-0.1, -0.05) is 17.7 Å². The molecule has 7 heteroatoms. The number of aromatic nitrogens is 2. The molecule has 0 unspecified atom stereocenters. The fraction of sp³-hybridized carbons (Fsp3) is 0.312. The van der Waals surface area contributed by atoms with Gasteiger partial charge in [-0.3, -0.25) is 4.79 Å². The first-order valence-corrected chi connectivity index (χ1v) is 7.86. The molecule has 1 amide bonds. The summed E-state index contributed by atoms with van der Waals surface area (Å²) in [6.07, 6.45) is 1.73. The van der Waals surface area contributed by atoms with E-state index in [1.165, 1.54) is 0 Å². The number of halogens is 1. The Morgan fingerprint density at radius 2 is 2.00 bits per heavy atom. The van der Waals surface area contributed by atoms with Crippen LogP contribution in [-0.4, -0.2) is 47.0 Å². The predicted octanol–water partition coefficient (Wildman–Crippen LogP) is 2.54. The summed E-state index contributed by atoms with van der Waals surface area (Å²) in [5.41, 5.74) is 0.844. The molecule has 0 saturated carbocycles. The maximum absolute atomic E-state index is 11.4. The molecular weight excluding hydrogens is 314 g/mol. The predicted molar refractivity (Wildman–Crippen MR) is 91.2 cm³/mol. The Labute approximate surface area is 140 Å². The lowest BCUT2D eigenvalue weighted by molar-refractivity contribution is -0.129. The average Bonchev–Trinajstić information content (AvgIpc) is 2.55. The number of carbonyl (C=O) groups is 1. The van der Waals surface area contributed by atoms with E-state index >= 15 is 0 Å². The van der Waals surface area contributed by atoms with E-state index in [2.05, 4.69) is 20.2 Å². The number of piperazine rings is 1. The molecule has 1 aromatic carbocycles. The summed E-state index contributed by atoms with van der Waals surface area (Å²) in [6.45, 7) is 4.58. The zero-order chi connectivity index (χ0) is 16.2. The molecule has 1 saturated heterocycles. The van der Waals surface area contributed by atoms with Gasteiger partial charge < -0.3 is 15.1 Å². The van der Waals surface area contributed by atoms with Gasteiger partial charge in [-0.2, -0.15) is 4.98 Å². The van der Waals surface area contributed by atoms with E-state index in [1.54, 1.807) is 13.1 Å². The molecule has 0 aliphatic carbocycles. The van der Waals surface area contributed by atoms with Crippen LogP contribution in [0.3, 0.4) is 0 Å². The fourth-order valence-corrected chi connectivity index (χ4v) is 2.72. The van der Waals surface area contributed by atoms with Crippen molar-refractivity contribution in [1.82, 2.24) is 14.9 Å². The molecule has 0 spiro atoms. The van der Waals surface area contributed by atoms with Crippen molar-refractivity contribution in [3.8, 4) is 0 Å². The van der Waals surface area contributed by atoms with E-state index in [-0.39, 0.29) is 5.91 Å². The number of nitrogens with one attached hydrogen (secondary N) is 1. The number of carbonyl (C=O) groups excluding carboxylic acids is 1. The van der Waals surface area contributed by atoms with Crippen LogP contribution in [0.25, 0.3) is 0 Å². The summed E-state index contributed by atoms with van der Waals surface area (Å²) in [5, 5.41) is 3.81. The third kappa shape index (κ3) is 3.90. The van der Waals surface area contributed by atoms with Gasteiger partial charge in [0.25, 0.3) is 0 Å². The second-order valence-electron chi connectivity index (χ2n) is 5.37. The number of hydrogen-bond acceptors (Lipinski definition) is 5. The molecule has 1 aliphatic rings. The van der Waals surface area contributed by atoms with Gasteiger partial charge in [0.2, 0.25) is 11.9 Å². The normalized spacial score (nSPS) is 14.7. The van der Waals surface area contributed by atoms with Crippen molar-refractivity contribution in [1.29, 1.82) is 0 Å². The van der Waals surface area contributed by atoms with E-state index in [4.69, 9.17) is 11.6 Å². The molecule has 23 heavy (non-hydrogen) atoms. The zero-order valence-corrected chi connectivity index (χ0v) is 13.6. The standard InChI is InChI=1S/C16H18ClN5O/c1-12(23)21-7-9-22(10-8-21)15-5-6-18-16(20-15)19-14-4-2-3-13(17)11-14/h2-6,11H,7-10H2,1H3,(H,18,19,20). The first kappa shape index (κ1) is 15.6. The van der Waals surface area contributed by atoms with Crippen LogP contribution in [0.5, 0.6) is 0 Å². The highest BCUT2D eigenvalue weighted by Crippen LogP contribution is 2.20. The first-order chi connectivity index (χ1) is 11.1. The van der Waals surface area contributed by atoms with Crippen molar-refractivity contribution < 1.29 is 4.79 Å². The smallest absolute Gasteiger partial charge is 0.229 e. The Hall–Kier alpha value is -2.34. The van der Waals surface area contributed by atoms with Crippen molar-refractivity contribution in [2.75, 3.05) is 36.4 Å². The van der Waals surface area contributed by atoms with E-state index < -0.39 is 0 Å². The third-order valence-electron chi connectivity index (χ3n) is 3.77. The minimum absolute atomic E-state index is 0.121. The molecule has 3 rings (SSSR count). The highest BCUT2D eigenvalue weighted by molar-refractivity contribution is 6.30. The molecule has 0 bridgehead atoms. The maximum Gasteiger partial charge on any atom is 0.229 e. The van der Waals surface area contributed by atoms with Gasteiger partial charge in [-0.25, -0.2) is 4.98 Å². The Bertz CT molecular complexity index is 700. The molecule has 6 nitrogen and oxygen atoms in total. The molecule has 1 N–H and O–H groups in total. The molecule has 0 atom stereocenters. The number of rotatable bonds is 3. The van der Waals surface area contributed by atoms with Gasteiger partial charge >= 0.3 is 0 Å². The van der Waals surface area contributed by atoms with Crippen LogP contribution in [0.2, 0.25) is 5.02 Å². The molecule has 2 aromatic rings. The molecule has 2 heterocycles. The van der Waals surface area contributed by atoms with Gasteiger partial charge in [0.05, 0.1) is 0 Å². The van der Waals surface area contributed by atoms with E-state index in [9.17, 15) is 4.79 Å². The Morgan fingerprint density at radius 1 is 1.22 bits per heavy atom. The van der Waals surface area contributed by atoms with Crippen LogP contribution in [0.4, 0.5) is 17.5 Å². The highest BCUT2D eigenvalue weighted by Gasteiger charge is 2.19. The zero-order valence-electron chi connectivity index (χ0n) is 12.9. The van der Waals surface area contributed by atoms with Crippen LogP contribution in [0.15, 0.2) is 36.5 Å². The molecular formula is C16H18ClN5O. The summed E-state index contributed by atoms with van der Waals surface area (Å²) < 4.78 is 0. The second-order valence-corrected chi connectivity index (χ2v) is 5.80. The quantitative estimate of drug-likeness (QED) is 0.936. The monoisotopic (exact) mass is 331 g/mol. The number of nitrogens with zero attached hydrogens (tertiary/aromatic N) is 4. The van der Waals surface area contributed by atoms with Gasteiger partial charge in [0.1, 0.15) is 5.82 Å². The van der Waals surface area contributed by atoms with Crippen LogP contribution < -0.4 is 10.2 Å². The number of benzene rings is 1. The fourth-order valence-electron chi connectivity index (χ4n) is 2.53. The Kier molecular flexibility index (Phi) is 4.62. The summed E-state index contributed by atoms with van der Waals surface area (Å²) in [6, 6.07) is 9.30. The summed E-state index contributed by atoms with van der Waals surface area (Å²) in [5.74, 6) is 1.50. The highest BCUT2D eigenvalue weighted by atomic mass is 35.5. The molecule has 0 radical (unpaired) electrons. The number of amides is 1. The van der Waals surface area contributed by atoms with E-state index in [0.717, 1.165) is 37.7 Å². The van der Waals surface area contributed by atoms with Crippen molar-refractivity contribution in [2.24, 2.45) is 0 Å². The minimum Gasteiger partial charge on any atom is -0.353 e. The summed E-state index contributed by atoms with van der Waals surface area (Å²) in [4.78, 5) is 24.2. The molecule has 1 aliphatic heterocycles. The van der Waals surface area contributed by atoms with Crippen molar-refractivity contribution >= 4 is 35.0 Å². The van der Waals surface area contributed by atoms with Crippen LogP contribution in [0.1, 0.15) is 6.92 Å². The van der Waals surface area contributed by atoms with Gasteiger partial charge in [0.15, 0.2) is 0 Å². The van der Waals surface area contributed by atoms with Crippen molar-refractivity contribution in [3.05, 3.63) is 41.6 Å². The lowest BCUT2D eigenvalue weighted by Gasteiger charge is -2.34. The largest absolute Gasteiger partial charge is 0.353 e. The van der Waals surface area contributed by atoms with E-state index in [1.807, 2.05) is 35.2 Å². The number of anilines is 3. The van der Waals surface area contributed by atoms with Crippen molar-refractivity contribution in [2.45, 2.75) is 6.92 Å². The Balaban J connectivity index is 1.69. The summed E-state index contributed by atoms with van der Waals surface area (Å²) >= 11 is 5.98. The average molecular weight is 332 g/mol. The van der Waals surface area contributed by atoms with Gasteiger partial charge in [-0.15, -0.1) is 0 Å².